The lowest BCUT2D eigenvalue weighted by atomic mass is 10.1. The van der Waals surface area contributed by atoms with Gasteiger partial charge in [-0.25, -0.2) is 4.79 Å². The number of primary amides is 1. The van der Waals surface area contributed by atoms with Crippen LogP contribution in [0.15, 0.2) is 53.1 Å². The zero-order valence-electron chi connectivity index (χ0n) is 16.7. The number of rotatable bonds is 9. The van der Waals surface area contributed by atoms with E-state index in [-0.39, 0.29) is 24.6 Å². The van der Waals surface area contributed by atoms with Gasteiger partial charge in [-0.3, -0.25) is 9.59 Å². The van der Waals surface area contributed by atoms with Gasteiger partial charge in [0.1, 0.15) is 11.5 Å². The van der Waals surface area contributed by atoms with Gasteiger partial charge in [0.25, 0.3) is 5.91 Å². The van der Waals surface area contributed by atoms with Crippen molar-refractivity contribution in [2.45, 2.75) is 20.4 Å². The Hall–Kier alpha value is -3.81. The molecular formula is C22H22N2O6. The minimum atomic E-state index is -0.630. The molecule has 0 atom stereocenters. The van der Waals surface area contributed by atoms with E-state index in [2.05, 4.69) is 0 Å². The number of furan rings is 1. The number of nitrogens with two attached hydrogens (primary N) is 1. The molecule has 0 aliphatic heterocycles. The fourth-order valence-corrected chi connectivity index (χ4v) is 3.02. The fraction of sp³-hybridized carbons (Fsp3) is 0.227. The first-order valence-corrected chi connectivity index (χ1v) is 9.25. The van der Waals surface area contributed by atoms with Crippen molar-refractivity contribution in [1.29, 1.82) is 0 Å². The summed E-state index contributed by atoms with van der Waals surface area (Å²) >= 11 is 0. The molecule has 0 saturated heterocycles. The zero-order chi connectivity index (χ0) is 21.7. The SMILES string of the molecule is Cc1cc(C(=O)COC(=O)c2ccc(OCC(N)=O)cc2)c(C)n1Cc1ccco1. The predicted octanol–water partition coefficient (Wildman–Crippen LogP) is 2.65. The molecule has 3 rings (SSSR count). The van der Waals surface area contributed by atoms with Crippen molar-refractivity contribution in [2.24, 2.45) is 5.73 Å². The Morgan fingerprint density at radius 1 is 1.07 bits per heavy atom. The van der Waals surface area contributed by atoms with E-state index in [9.17, 15) is 14.4 Å². The number of carbonyl (C=O) groups excluding carboxylic acids is 3. The summed E-state index contributed by atoms with van der Waals surface area (Å²) in [4.78, 5) is 35.5. The molecule has 0 spiro atoms. The molecule has 156 valence electrons. The van der Waals surface area contributed by atoms with Crippen LogP contribution in [-0.2, 0) is 16.1 Å². The fourth-order valence-electron chi connectivity index (χ4n) is 3.02. The Morgan fingerprint density at radius 3 is 2.43 bits per heavy atom. The highest BCUT2D eigenvalue weighted by atomic mass is 16.5. The molecule has 2 N–H and O–H groups in total. The summed E-state index contributed by atoms with van der Waals surface area (Å²) in [5.41, 5.74) is 7.46. The number of nitrogens with zero attached hydrogens (tertiary/aromatic N) is 1. The van der Waals surface area contributed by atoms with Gasteiger partial charge < -0.3 is 24.2 Å². The largest absolute Gasteiger partial charge is 0.484 e. The summed E-state index contributed by atoms with van der Waals surface area (Å²) in [5.74, 6) is -0.339. The minimum Gasteiger partial charge on any atom is -0.484 e. The number of Topliss-reactive ketones (excluding diaryl/α,β-unsaturated/α-hetero) is 1. The molecule has 0 fully saturated rings. The molecular weight excluding hydrogens is 388 g/mol. The van der Waals surface area contributed by atoms with Gasteiger partial charge in [-0.2, -0.15) is 0 Å². The number of benzene rings is 1. The van der Waals surface area contributed by atoms with Crippen molar-refractivity contribution in [2.75, 3.05) is 13.2 Å². The maximum atomic E-state index is 12.6. The van der Waals surface area contributed by atoms with Gasteiger partial charge in [-0.15, -0.1) is 0 Å². The van der Waals surface area contributed by atoms with E-state index in [1.54, 1.807) is 12.3 Å². The summed E-state index contributed by atoms with van der Waals surface area (Å²) in [5, 5.41) is 0. The Labute approximate surface area is 173 Å². The van der Waals surface area contributed by atoms with Gasteiger partial charge in [-0.05, 0) is 56.3 Å². The van der Waals surface area contributed by atoms with Crippen LogP contribution in [0.4, 0.5) is 0 Å². The number of hydrogen-bond donors (Lipinski definition) is 1. The number of carbonyl (C=O) groups is 3. The van der Waals surface area contributed by atoms with E-state index in [0.29, 0.717) is 17.9 Å². The molecule has 0 aliphatic carbocycles. The van der Waals surface area contributed by atoms with Crippen molar-refractivity contribution in [1.82, 2.24) is 4.57 Å². The molecule has 2 heterocycles. The van der Waals surface area contributed by atoms with Gasteiger partial charge in [0.05, 0.1) is 18.4 Å². The normalized spacial score (nSPS) is 10.6. The number of ether oxygens (including phenoxy) is 2. The van der Waals surface area contributed by atoms with Crippen LogP contribution in [0, 0.1) is 13.8 Å². The lowest BCUT2D eigenvalue weighted by Gasteiger charge is -2.08. The van der Waals surface area contributed by atoms with Gasteiger partial charge >= 0.3 is 5.97 Å². The molecule has 1 aromatic carbocycles. The smallest absolute Gasteiger partial charge is 0.338 e. The first-order chi connectivity index (χ1) is 14.3. The van der Waals surface area contributed by atoms with Crippen LogP contribution in [-0.4, -0.2) is 35.4 Å². The summed E-state index contributed by atoms with van der Waals surface area (Å²) in [7, 11) is 0. The second-order valence-corrected chi connectivity index (χ2v) is 6.73. The molecule has 8 nitrogen and oxygen atoms in total. The molecule has 2 aromatic heterocycles. The molecule has 30 heavy (non-hydrogen) atoms. The predicted molar refractivity (Wildman–Crippen MR) is 107 cm³/mol. The van der Waals surface area contributed by atoms with E-state index in [4.69, 9.17) is 19.6 Å². The van der Waals surface area contributed by atoms with Crippen LogP contribution >= 0.6 is 0 Å². The standard InChI is InChI=1S/C22H22N2O6/c1-14-10-19(15(2)24(14)11-18-4-3-9-28-18)20(25)12-30-22(27)16-5-7-17(8-6-16)29-13-21(23)26/h3-10H,11-13H2,1-2H3,(H2,23,26). The third-order valence-electron chi connectivity index (χ3n) is 4.57. The molecule has 3 aromatic rings. The maximum absolute atomic E-state index is 12.6. The maximum Gasteiger partial charge on any atom is 0.338 e. The van der Waals surface area contributed by atoms with Crippen LogP contribution in [0.5, 0.6) is 5.75 Å². The first kappa shape index (κ1) is 20.9. The van der Waals surface area contributed by atoms with E-state index >= 15 is 0 Å². The topological polar surface area (TPSA) is 114 Å². The quantitative estimate of drug-likeness (QED) is 0.428. The highest BCUT2D eigenvalue weighted by molar-refractivity contribution is 6.00. The van der Waals surface area contributed by atoms with Gasteiger partial charge in [0.15, 0.2) is 13.2 Å². The van der Waals surface area contributed by atoms with Crippen LogP contribution < -0.4 is 10.5 Å². The highest BCUT2D eigenvalue weighted by Crippen LogP contribution is 2.19. The summed E-state index contributed by atoms with van der Waals surface area (Å²) in [6, 6.07) is 11.5. The third kappa shape index (κ3) is 4.96. The minimum absolute atomic E-state index is 0.253. The van der Waals surface area contributed by atoms with Crippen molar-refractivity contribution in [3.05, 3.63) is 77.0 Å². The lowest BCUT2D eigenvalue weighted by Crippen LogP contribution is -2.20. The molecule has 1 amide bonds. The molecule has 8 heteroatoms. The van der Waals surface area contributed by atoms with Crippen LogP contribution in [0.1, 0.15) is 37.9 Å². The van der Waals surface area contributed by atoms with E-state index in [1.165, 1.54) is 24.3 Å². The highest BCUT2D eigenvalue weighted by Gasteiger charge is 2.18. The molecule has 0 aliphatic rings. The van der Waals surface area contributed by atoms with Crippen LogP contribution in [0.25, 0.3) is 0 Å². The van der Waals surface area contributed by atoms with E-state index in [1.807, 2.05) is 30.5 Å². The monoisotopic (exact) mass is 410 g/mol. The van der Waals surface area contributed by atoms with E-state index < -0.39 is 11.9 Å². The number of aryl methyl sites for hydroxylation is 1. The van der Waals surface area contributed by atoms with Crippen molar-refractivity contribution < 1.29 is 28.3 Å². The van der Waals surface area contributed by atoms with Crippen molar-refractivity contribution in [3.8, 4) is 5.75 Å². The zero-order valence-corrected chi connectivity index (χ0v) is 16.7. The van der Waals surface area contributed by atoms with E-state index in [0.717, 1.165) is 17.1 Å². The lowest BCUT2D eigenvalue weighted by molar-refractivity contribution is -0.119. The number of aromatic nitrogens is 1. The number of ketones is 1. The Balaban J connectivity index is 1.60. The average molecular weight is 410 g/mol. The Kier molecular flexibility index (Phi) is 6.36. The number of hydrogen-bond acceptors (Lipinski definition) is 6. The van der Waals surface area contributed by atoms with Crippen molar-refractivity contribution >= 4 is 17.7 Å². The van der Waals surface area contributed by atoms with Gasteiger partial charge in [0.2, 0.25) is 5.78 Å². The Morgan fingerprint density at radius 2 is 1.80 bits per heavy atom. The summed E-state index contributed by atoms with van der Waals surface area (Å²) in [6.45, 7) is 3.64. The van der Waals surface area contributed by atoms with Crippen LogP contribution in [0.2, 0.25) is 0 Å². The molecule has 0 unspecified atom stereocenters. The number of esters is 1. The van der Waals surface area contributed by atoms with Gasteiger partial charge in [-0.1, -0.05) is 0 Å². The summed E-state index contributed by atoms with van der Waals surface area (Å²) in [6.07, 6.45) is 1.60. The number of amides is 1. The summed E-state index contributed by atoms with van der Waals surface area (Å²) < 4.78 is 17.6. The Bertz CT molecular complexity index is 1050. The molecule has 0 saturated carbocycles. The second kappa shape index (κ2) is 9.13. The van der Waals surface area contributed by atoms with Gasteiger partial charge in [0, 0.05) is 17.0 Å². The molecule has 0 radical (unpaired) electrons. The third-order valence-corrected chi connectivity index (χ3v) is 4.57. The van der Waals surface area contributed by atoms with Crippen molar-refractivity contribution in [3.63, 3.8) is 0 Å². The van der Waals surface area contributed by atoms with Crippen LogP contribution in [0.3, 0.4) is 0 Å². The second-order valence-electron chi connectivity index (χ2n) is 6.73. The first-order valence-electron chi connectivity index (χ1n) is 9.25. The average Bonchev–Trinajstić information content (AvgIpc) is 3.34. The molecule has 0 bridgehead atoms.